The van der Waals surface area contributed by atoms with Gasteiger partial charge >= 0.3 is 0 Å². The van der Waals surface area contributed by atoms with Crippen LogP contribution in [0.5, 0.6) is 0 Å². The van der Waals surface area contributed by atoms with E-state index >= 15 is 0 Å². The Morgan fingerprint density at radius 3 is 1.83 bits per heavy atom. The summed E-state index contributed by atoms with van der Waals surface area (Å²) in [6.45, 7) is 3.38. The van der Waals surface area contributed by atoms with Gasteiger partial charge in [0, 0.05) is 36.4 Å². The van der Waals surface area contributed by atoms with Gasteiger partial charge in [0.25, 0.3) is 0 Å². The Morgan fingerprint density at radius 1 is 0.583 bits per heavy atom. The topological polar surface area (TPSA) is 256 Å². The number of amides is 6. The highest BCUT2D eigenvalue weighted by atomic mass is 16.2. The molecular weight excluding hydrogens is 763 g/mol. The molecule has 0 bridgehead atoms. The van der Waals surface area contributed by atoms with E-state index in [1.807, 2.05) is 72.8 Å². The molecule has 0 aliphatic rings. The second-order valence-electron chi connectivity index (χ2n) is 15.1. The summed E-state index contributed by atoms with van der Waals surface area (Å²) in [6.07, 6.45) is 3.39. The van der Waals surface area contributed by atoms with Crippen molar-refractivity contribution in [1.29, 1.82) is 0 Å². The second-order valence-corrected chi connectivity index (χ2v) is 15.1. The first kappa shape index (κ1) is 44.5. The average Bonchev–Trinajstić information content (AvgIpc) is 3.65. The Hall–Kier alpha value is -6.58. The van der Waals surface area contributed by atoms with Crippen molar-refractivity contribution in [2.45, 2.75) is 88.6 Å². The van der Waals surface area contributed by atoms with Gasteiger partial charge in [0.05, 0.1) is 6.04 Å². The van der Waals surface area contributed by atoms with Gasteiger partial charge in [-0.2, -0.15) is 0 Å². The monoisotopic (exact) mass is 817 g/mol. The number of carbonyl (C=O) groups is 6. The molecule has 0 unspecified atom stereocenters. The quantitative estimate of drug-likeness (QED) is 0.0492. The van der Waals surface area contributed by atoms with Crippen molar-refractivity contribution in [2.24, 2.45) is 17.2 Å². The fourth-order valence-electron chi connectivity index (χ4n) is 6.90. The van der Waals surface area contributed by atoms with Crippen molar-refractivity contribution in [2.75, 3.05) is 6.54 Å². The molecule has 1 aromatic heterocycles. The van der Waals surface area contributed by atoms with Gasteiger partial charge in [0.1, 0.15) is 30.2 Å². The summed E-state index contributed by atoms with van der Waals surface area (Å²) in [5.74, 6) is -3.90. The number of carbonyl (C=O) groups excluding carboxylic acids is 6. The third-order valence-electron chi connectivity index (χ3n) is 10.3. The van der Waals surface area contributed by atoms with E-state index in [9.17, 15) is 28.8 Å². The lowest BCUT2D eigenvalue weighted by atomic mass is 10.0. The van der Waals surface area contributed by atoms with Crippen LogP contribution in [0.4, 0.5) is 0 Å². The van der Waals surface area contributed by atoms with Crippen molar-refractivity contribution in [3.8, 4) is 0 Å². The normalized spacial score (nSPS) is 14.2. The van der Waals surface area contributed by atoms with E-state index in [1.54, 1.807) is 30.5 Å². The molecule has 5 rings (SSSR count). The number of benzene rings is 4. The van der Waals surface area contributed by atoms with E-state index < -0.39 is 71.7 Å². The number of nitrogens with one attached hydrogen (secondary N) is 6. The summed E-state index contributed by atoms with van der Waals surface area (Å²) < 4.78 is 0. The van der Waals surface area contributed by atoms with E-state index in [4.69, 9.17) is 17.2 Å². The number of unbranched alkanes of at least 4 members (excludes halogenated alkanes) is 1. The van der Waals surface area contributed by atoms with E-state index in [-0.39, 0.29) is 25.7 Å². The van der Waals surface area contributed by atoms with E-state index in [1.165, 1.54) is 13.8 Å². The van der Waals surface area contributed by atoms with Crippen LogP contribution in [0.25, 0.3) is 21.7 Å². The molecule has 0 radical (unpaired) electrons. The fourth-order valence-corrected chi connectivity index (χ4v) is 6.90. The van der Waals surface area contributed by atoms with Gasteiger partial charge in [0.2, 0.25) is 35.4 Å². The lowest BCUT2D eigenvalue weighted by Gasteiger charge is -2.26. The first-order valence-electron chi connectivity index (χ1n) is 20.2. The number of hydrogen-bond donors (Lipinski definition) is 9. The van der Waals surface area contributed by atoms with Crippen LogP contribution in [0.1, 0.15) is 49.8 Å². The second kappa shape index (κ2) is 21.4. The number of nitrogens with two attached hydrogens (primary N) is 3. The van der Waals surface area contributed by atoms with Gasteiger partial charge in [-0.05, 0) is 73.2 Å². The van der Waals surface area contributed by atoms with Crippen molar-refractivity contribution in [3.63, 3.8) is 0 Å². The Morgan fingerprint density at radius 2 is 1.15 bits per heavy atom. The standard InChI is InChI=1S/C45H55N9O6/c1-27(47)41(56)52-38(24-30-19-20-31-14-6-7-15-32(31)22-30)43(58)50-28(2)42(57)53-39(25-33-26-49-35-17-9-8-16-34(33)35)45(60)54-37(23-29-12-4-3-5-13-29)44(59)51-36(40(48)55)18-10-11-21-46/h3-9,12-17,19-20,22,26-28,36-39,49H,10-11,18,21,23-25,46-47H2,1-2H3,(H2,48,55)(H,50,58)(H,51,59)(H,52,56)(H,53,57)(H,54,60)/t27-,28+,36-,37-,38-,39-/m1/s1. The minimum absolute atomic E-state index is 0.0139. The fraction of sp³-hybridized carbons (Fsp3) is 0.333. The summed E-state index contributed by atoms with van der Waals surface area (Å²) in [4.78, 5) is 84.2. The molecule has 6 atom stereocenters. The molecule has 4 aromatic carbocycles. The first-order valence-corrected chi connectivity index (χ1v) is 20.2. The van der Waals surface area contributed by atoms with Crippen LogP contribution in [0, 0.1) is 0 Å². The van der Waals surface area contributed by atoms with Crippen LogP contribution in [0.2, 0.25) is 0 Å². The lowest BCUT2D eigenvalue weighted by Crippen LogP contribution is -2.59. The molecule has 0 aliphatic carbocycles. The molecule has 0 aliphatic heterocycles. The van der Waals surface area contributed by atoms with Crippen LogP contribution in [-0.4, -0.2) is 83.2 Å². The van der Waals surface area contributed by atoms with Crippen LogP contribution < -0.4 is 43.8 Å². The molecule has 0 spiro atoms. The molecule has 0 saturated carbocycles. The molecule has 5 aromatic rings. The van der Waals surface area contributed by atoms with E-state index in [0.717, 1.165) is 38.4 Å². The van der Waals surface area contributed by atoms with Gasteiger partial charge in [-0.1, -0.05) is 91.0 Å². The number of H-pyrrole nitrogens is 1. The van der Waals surface area contributed by atoms with Gasteiger partial charge in [-0.3, -0.25) is 28.8 Å². The highest BCUT2D eigenvalue weighted by Crippen LogP contribution is 2.20. The summed E-state index contributed by atoms with van der Waals surface area (Å²) in [7, 11) is 0. The molecule has 15 nitrogen and oxygen atoms in total. The predicted molar refractivity (Wildman–Crippen MR) is 231 cm³/mol. The number of para-hydroxylation sites is 1. The number of aromatic nitrogens is 1. The third kappa shape index (κ3) is 12.5. The lowest BCUT2D eigenvalue weighted by molar-refractivity contribution is -0.134. The minimum Gasteiger partial charge on any atom is -0.368 e. The molecule has 0 saturated heterocycles. The van der Waals surface area contributed by atoms with Gasteiger partial charge in [-0.15, -0.1) is 0 Å². The third-order valence-corrected chi connectivity index (χ3v) is 10.3. The van der Waals surface area contributed by atoms with Crippen molar-refractivity contribution in [3.05, 3.63) is 120 Å². The number of fused-ring (bicyclic) bond motifs is 2. The zero-order valence-corrected chi connectivity index (χ0v) is 33.9. The zero-order chi connectivity index (χ0) is 43.2. The average molecular weight is 818 g/mol. The number of primary amides is 1. The Kier molecular flexibility index (Phi) is 15.9. The summed E-state index contributed by atoms with van der Waals surface area (Å²) in [6, 6.07) is 23.4. The maximum absolute atomic E-state index is 14.3. The van der Waals surface area contributed by atoms with Gasteiger partial charge < -0.3 is 48.8 Å². The molecule has 12 N–H and O–H groups in total. The molecule has 15 heteroatoms. The zero-order valence-electron chi connectivity index (χ0n) is 33.9. The Labute approximate surface area is 349 Å². The first-order chi connectivity index (χ1) is 28.8. The number of aromatic amines is 1. The summed E-state index contributed by atoms with van der Waals surface area (Å²) in [5, 5.41) is 16.5. The summed E-state index contributed by atoms with van der Waals surface area (Å²) in [5.41, 5.74) is 20.2. The molecular formula is C45H55N9O6. The largest absolute Gasteiger partial charge is 0.368 e. The van der Waals surface area contributed by atoms with Crippen molar-refractivity contribution >= 4 is 57.1 Å². The minimum atomic E-state index is -1.23. The summed E-state index contributed by atoms with van der Waals surface area (Å²) >= 11 is 0. The predicted octanol–water partition coefficient (Wildman–Crippen LogP) is 1.75. The van der Waals surface area contributed by atoms with Crippen molar-refractivity contribution < 1.29 is 28.8 Å². The van der Waals surface area contributed by atoms with Gasteiger partial charge in [-0.25, -0.2) is 0 Å². The molecule has 1 heterocycles. The highest BCUT2D eigenvalue weighted by Gasteiger charge is 2.32. The number of rotatable bonds is 21. The van der Waals surface area contributed by atoms with Crippen LogP contribution in [0.3, 0.4) is 0 Å². The Bertz CT molecular complexity index is 2280. The maximum atomic E-state index is 14.3. The molecule has 6 amide bonds. The molecule has 0 fully saturated rings. The highest BCUT2D eigenvalue weighted by molar-refractivity contribution is 5.97. The molecule has 316 valence electrons. The van der Waals surface area contributed by atoms with Gasteiger partial charge in [0.15, 0.2) is 0 Å². The smallest absolute Gasteiger partial charge is 0.243 e. The molecule has 60 heavy (non-hydrogen) atoms. The van der Waals surface area contributed by atoms with Crippen LogP contribution >= 0.6 is 0 Å². The number of hydrogen-bond acceptors (Lipinski definition) is 8. The maximum Gasteiger partial charge on any atom is 0.243 e. The van der Waals surface area contributed by atoms with E-state index in [0.29, 0.717) is 19.4 Å². The van der Waals surface area contributed by atoms with E-state index in [2.05, 4.69) is 31.6 Å². The SMILES string of the molecule is C[C@H](NC(=O)[C@@H](Cc1ccc2ccccc2c1)NC(=O)[C@@H](C)N)C(=O)N[C@H](Cc1c[nH]c2ccccc12)C(=O)N[C@H](Cc1ccccc1)C(=O)N[C@H](CCCCN)C(N)=O. The van der Waals surface area contributed by atoms with Crippen molar-refractivity contribution in [1.82, 2.24) is 31.6 Å². The van der Waals surface area contributed by atoms with Crippen LogP contribution in [-0.2, 0) is 48.0 Å². The Balaban J connectivity index is 1.37. The van der Waals surface area contributed by atoms with Crippen LogP contribution in [0.15, 0.2) is 103 Å².